The van der Waals surface area contributed by atoms with Crippen LogP contribution in [-0.2, 0) is 14.1 Å². The van der Waals surface area contributed by atoms with Crippen molar-refractivity contribution < 1.29 is 14.1 Å². The third kappa shape index (κ3) is 2.65. The predicted octanol–water partition coefficient (Wildman–Crippen LogP) is 2.20. The lowest BCUT2D eigenvalue weighted by atomic mass is 9.76. The number of carbonyl (C=O) groups excluding carboxylic acids is 1. The van der Waals surface area contributed by atoms with Gasteiger partial charge in [0.25, 0.3) is 0 Å². The largest absolute Gasteiger partial charge is 0.495 e. The van der Waals surface area contributed by atoms with Crippen molar-refractivity contribution in [2.45, 2.75) is 38.9 Å². The molecule has 1 fully saturated rings. The Bertz CT molecular complexity index is 490. The van der Waals surface area contributed by atoms with E-state index in [9.17, 15) is 4.79 Å². The Hall–Kier alpha value is -1.39. The van der Waals surface area contributed by atoms with Gasteiger partial charge in [0.15, 0.2) is 0 Å². The van der Waals surface area contributed by atoms with Gasteiger partial charge >= 0.3 is 7.12 Å². The van der Waals surface area contributed by atoms with E-state index in [0.717, 1.165) is 17.3 Å². The van der Waals surface area contributed by atoms with Gasteiger partial charge in [0, 0.05) is 0 Å². The quantitative estimate of drug-likeness (QED) is 0.473. The number of aldehydes is 1. The van der Waals surface area contributed by atoms with E-state index >= 15 is 0 Å². The average Bonchev–Trinajstić information content (AvgIpc) is 2.56. The topological polar surface area (TPSA) is 35.5 Å². The van der Waals surface area contributed by atoms with Gasteiger partial charge in [-0.25, -0.2) is 0 Å². The predicted molar refractivity (Wildman–Crippen MR) is 77.3 cm³/mol. The molecule has 0 unspecified atom stereocenters. The standard InChI is InChI=1S/C15H19BO3/c1-14(2)15(3,4)19-16(18-14)13-10-6-5-8-12(13)9-7-11-17/h5-11H,1-4H3/b9-7+. The molecule has 1 aromatic carbocycles. The third-order valence-corrected chi connectivity index (χ3v) is 3.86. The van der Waals surface area contributed by atoms with E-state index in [1.807, 2.05) is 52.0 Å². The summed E-state index contributed by atoms with van der Waals surface area (Å²) in [5.41, 5.74) is 1.16. The highest BCUT2D eigenvalue weighted by molar-refractivity contribution is 6.63. The fraction of sp³-hybridized carbons (Fsp3) is 0.400. The Labute approximate surface area is 114 Å². The van der Waals surface area contributed by atoms with Crippen LogP contribution in [0.2, 0.25) is 0 Å². The summed E-state index contributed by atoms with van der Waals surface area (Å²) in [6.07, 6.45) is 4.01. The smallest absolute Gasteiger partial charge is 0.399 e. The van der Waals surface area contributed by atoms with Gasteiger partial charge in [-0.05, 0) is 44.8 Å². The first-order chi connectivity index (χ1) is 8.87. The minimum Gasteiger partial charge on any atom is -0.399 e. The summed E-state index contributed by atoms with van der Waals surface area (Å²) in [4.78, 5) is 10.5. The first-order valence-electron chi connectivity index (χ1n) is 6.44. The lowest BCUT2D eigenvalue weighted by Crippen LogP contribution is -2.41. The van der Waals surface area contributed by atoms with Crippen molar-refractivity contribution in [3.8, 4) is 0 Å². The number of benzene rings is 1. The summed E-state index contributed by atoms with van der Waals surface area (Å²) in [6.45, 7) is 8.10. The molecule has 1 aliphatic rings. The van der Waals surface area contributed by atoms with E-state index in [1.54, 1.807) is 6.08 Å². The van der Waals surface area contributed by atoms with E-state index in [-0.39, 0.29) is 11.2 Å². The molecule has 100 valence electrons. The summed E-state index contributed by atoms with van der Waals surface area (Å²) < 4.78 is 12.1. The molecule has 1 aromatic rings. The SMILES string of the molecule is CC1(C)OB(c2ccccc2/C=C/C=O)OC1(C)C. The van der Waals surface area contributed by atoms with Crippen molar-refractivity contribution in [3.63, 3.8) is 0 Å². The molecule has 1 saturated heterocycles. The summed E-state index contributed by atoms with van der Waals surface area (Å²) in [5, 5.41) is 0. The lowest BCUT2D eigenvalue weighted by molar-refractivity contribution is -0.104. The van der Waals surface area contributed by atoms with E-state index in [2.05, 4.69) is 0 Å². The molecule has 0 aliphatic carbocycles. The van der Waals surface area contributed by atoms with Crippen molar-refractivity contribution >= 4 is 24.9 Å². The van der Waals surface area contributed by atoms with Gasteiger partial charge in [-0.2, -0.15) is 0 Å². The molecule has 0 amide bonds. The second-order valence-corrected chi connectivity index (χ2v) is 5.71. The fourth-order valence-corrected chi connectivity index (χ4v) is 1.99. The van der Waals surface area contributed by atoms with Gasteiger partial charge < -0.3 is 9.31 Å². The van der Waals surface area contributed by atoms with Crippen molar-refractivity contribution in [3.05, 3.63) is 35.9 Å². The van der Waals surface area contributed by atoms with Crippen LogP contribution in [0.25, 0.3) is 6.08 Å². The minimum absolute atomic E-state index is 0.362. The van der Waals surface area contributed by atoms with Crippen LogP contribution in [0.3, 0.4) is 0 Å². The van der Waals surface area contributed by atoms with Crippen LogP contribution in [0.4, 0.5) is 0 Å². The molecular formula is C15H19BO3. The van der Waals surface area contributed by atoms with Crippen molar-refractivity contribution in [1.82, 2.24) is 0 Å². The van der Waals surface area contributed by atoms with Crippen molar-refractivity contribution in [2.75, 3.05) is 0 Å². The summed E-state index contributed by atoms with van der Waals surface area (Å²) in [7, 11) is -0.405. The van der Waals surface area contributed by atoms with Crippen LogP contribution in [0.5, 0.6) is 0 Å². The molecule has 0 N–H and O–H groups in total. The van der Waals surface area contributed by atoms with Crippen LogP contribution in [0.1, 0.15) is 33.3 Å². The van der Waals surface area contributed by atoms with E-state index in [0.29, 0.717) is 0 Å². The average molecular weight is 258 g/mol. The molecule has 0 aromatic heterocycles. The molecule has 1 aliphatic heterocycles. The first-order valence-corrected chi connectivity index (χ1v) is 6.44. The molecule has 19 heavy (non-hydrogen) atoms. The first kappa shape index (κ1) is 14.0. The summed E-state index contributed by atoms with van der Waals surface area (Å²) >= 11 is 0. The Kier molecular flexibility index (Phi) is 3.65. The Balaban J connectivity index is 2.34. The van der Waals surface area contributed by atoms with Gasteiger partial charge in [-0.15, -0.1) is 0 Å². The molecule has 4 heteroatoms. The summed E-state index contributed by atoms with van der Waals surface area (Å²) in [6, 6.07) is 7.78. The maximum atomic E-state index is 10.5. The van der Waals surface area contributed by atoms with Gasteiger partial charge in [0.2, 0.25) is 0 Å². The molecule has 0 spiro atoms. The second kappa shape index (κ2) is 4.95. The van der Waals surface area contributed by atoms with E-state index < -0.39 is 7.12 Å². The monoisotopic (exact) mass is 258 g/mol. The maximum Gasteiger partial charge on any atom is 0.495 e. The number of hydrogen-bond acceptors (Lipinski definition) is 3. The molecule has 3 nitrogen and oxygen atoms in total. The van der Waals surface area contributed by atoms with E-state index in [4.69, 9.17) is 9.31 Å². The molecule has 0 saturated carbocycles. The van der Waals surface area contributed by atoms with Crippen LogP contribution >= 0.6 is 0 Å². The third-order valence-electron chi connectivity index (χ3n) is 3.86. The Morgan fingerprint density at radius 2 is 1.63 bits per heavy atom. The number of allylic oxidation sites excluding steroid dienone is 1. The van der Waals surface area contributed by atoms with Crippen LogP contribution in [0, 0.1) is 0 Å². The zero-order chi connectivity index (χ0) is 14.1. The molecular weight excluding hydrogens is 239 g/mol. The van der Waals surface area contributed by atoms with Gasteiger partial charge in [-0.1, -0.05) is 30.3 Å². The number of hydrogen-bond donors (Lipinski definition) is 0. The zero-order valence-electron chi connectivity index (χ0n) is 11.8. The van der Waals surface area contributed by atoms with Crippen LogP contribution < -0.4 is 5.46 Å². The minimum atomic E-state index is -0.405. The molecule has 2 rings (SSSR count). The lowest BCUT2D eigenvalue weighted by Gasteiger charge is -2.32. The van der Waals surface area contributed by atoms with Gasteiger partial charge in [0.05, 0.1) is 11.2 Å². The van der Waals surface area contributed by atoms with Crippen molar-refractivity contribution in [2.24, 2.45) is 0 Å². The number of rotatable bonds is 3. The highest BCUT2D eigenvalue weighted by Gasteiger charge is 2.52. The Morgan fingerprint density at radius 3 is 2.21 bits per heavy atom. The normalized spacial score (nSPS) is 20.9. The number of carbonyl (C=O) groups is 1. The zero-order valence-corrected chi connectivity index (χ0v) is 11.8. The summed E-state index contributed by atoms with van der Waals surface area (Å²) in [5.74, 6) is 0. The highest BCUT2D eigenvalue weighted by atomic mass is 16.7. The van der Waals surface area contributed by atoms with Gasteiger partial charge in [0.1, 0.15) is 6.29 Å². The molecule has 0 atom stereocenters. The highest BCUT2D eigenvalue weighted by Crippen LogP contribution is 2.36. The molecule has 0 bridgehead atoms. The fourth-order valence-electron chi connectivity index (χ4n) is 1.99. The van der Waals surface area contributed by atoms with Crippen LogP contribution in [-0.4, -0.2) is 24.6 Å². The Morgan fingerprint density at radius 1 is 1.05 bits per heavy atom. The molecule has 0 radical (unpaired) electrons. The van der Waals surface area contributed by atoms with Crippen LogP contribution in [0.15, 0.2) is 30.3 Å². The van der Waals surface area contributed by atoms with E-state index in [1.165, 1.54) is 6.08 Å². The van der Waals surface area contributed by atoms with Gasteiger partial charge in [-0.3, -0.25) is 4.79 Å². The van der Waals surface area contributed by atoms with Crippen molar-refractivity contribution in [1.29, 1.82) is 0 Å². The maximum absolute atomic E-state index is 10.5. The molecule has 1 heterocycles. The second-order valence-electron chi connectivity index (χ2n) is 5.71.